The highest BCUT2D eigenvalue weighted by Crippen LogP contribution is 2.24. The first-order chi connectivity index (χ1) is 11.0. The summed E-state index contributed by atoms with van der Waals surface area (Å²) >= 11 is 0. The Hall–Kier alpha value is -0.910. The van der Waals surface area contributed by atoms with Gasteiger partial charge < -0.3 is 13.9 Å². The SMILES string of the molecule is CC(C)(C)c1cnc(CN(C[C@@H]2CCCO2)C[C@@H]2CCCO2)o1. The summed E-state index contributed by atoms with van der Waals surface area (Å²) in [6.45, 7) is 10.8. The summed E-state index contributed by atoms with van der Waals surface area (Å²) in [6, 6.07) is 0. The van der Waals surface area contributed by atoms with Gasteiger partial charge in [0.05, 0.1) is 24.9 Å². The van der Waals surface area contributed by atoms with Gasteiger partial charge in [0.1, 0.15) is 5.76 Å². The Labute approximate surface area is 139 Å². The molecule has 0 bridgehead atoms. The molecule has 0 amide bonds. The fourth-order valence-corrected chi connectivity index (χ4v) is 3.28. The van der Waals surface area contributed by atoms with E-state index in [4.69, 9.17) is 13.9 Å². The molecule has 5 heteroatoms. The molecule has 0 aromatic carbocycles. The molecule has 0 unspecified atom stereocenters. The van der Waals surface area contributed by atoms with Gasteiger partial charge >= 0.3 is 0 Å². The number of nitrogens with zero attached hydrogens (tertiary/aromatic N) is 2. The molecule has 2 aliphatic heterocycles. The average Bonchev–Trinajstić information content (AvgIpc) is 3.18. The maximum Gasteiger partial charge on any atom is 0.208 e. The zero-order valence-corrected chi connectivity index (χ0v) is 14.7. The molecule has 5 nitrogen and oxygen atoms in total. The van der Waals surface area contributed by atoms with Gasteiger partial charge in [0.15, 0.2) is 0 Å². The summed E-state index contributed by atoms with van der Waals surface area (Å²) in [5, 5.41) is 0. The summed E-state index contributed by atoms with van der Waals surface area (Å²) in [5.41, 5.74) is -0.000787. The van der Waals surface area contributed by atoms with Crippen LogP contribution in [0, 0.1) is 0 Å². The van der Waals surface area contributed by atoms with Crippen molar-refractivity contribution in [1.82, 2.24) is 9.88 Å². The largest absolute Gasteiger partial charge is 0.444 e. The Morgan fingerprint density at radius 2 is 1.70 bits per heavy atom. The first kappa shape index (κ1) is 16.9. The van der Waals surface area contributed by atoms with Crippen LogP contribution in [0.25, 0.3) is 0 Å². The zero-order valence-electron chi connectivity index (χ0n) is 14.7. The number of ether oxygens (including phenoxy) is 2. The predicted molar refractivity (Wildman–Crippen MR) is 88.4 cm³/mol. The third-order valence-electron chi connectivity index (χ3n) is 4.62. The lowest BCUT2D eigenvalue weighted by atomic mass is 9.94. The predicted octanol–water partition coefficient (Wildman–Crippen LogP) is 3.13. The number of hydrogen-bond donors (Lipinski definition) is 0. The van der Waals surface area contributed by atoms with Crippen molar-refractivity contribution in [1.29, 1.82) is 0 Å². The van der Waals surface area contributed by atoms with Crippen molar-refractivity contribution in [3.8, 4) is 0 Å². The van der Waals surface area contributed by atoms with Crippen molar-refractivity contribution < 1.29 is 13.9 Å². The van der Waals surface area contributed by atoms with Crippen LogP contribution >= 0.6 is 0 Å². The van der Waals surface area contributed by atoms with Gasteiger partial charge in [-0.15, -0.1) is 0 Å². The van der Waals surface area contributed by atoms with E-state index in [1.807, 2.05) is 6.20 Å². The second-order valence-corrected chi connectivity index (χ2v) is 7.83. The summed E-state index contributed by atoms with van der Waals surface area (Å²) in [6.07, 6.45) is 7.20. The third kappa shape index (κ3) is 4.78. The summed E-state index contributed by atoms with van der Waals surface area (Å²) < 4.78 is 17.6. The van der Waals surface area contributed by atoms with Crippen molar-refractivity contribution >= 4 is 0 Å². The van der Waals surface area contributed by atoms with Crippen LogP contribution in [0.15, 0.2) is 10.6 Å². The van der Waals surface area contributed by atoms with Gasteiger partial charge in [-0.05, 0) is 25.7 Å². The number of rotatable bonds is 6. The van der Waals surface area contributed by atoms with E-state index < -0.39 is 0 Å². The van der Waals surface area contributed by atoms with Gasteiger partial charge in [-0.3, -0.25) is 4.90 Å². The Morgan fingerprint density at radius 1 is 1.09 bits per heavy atom. The Bertz CT molecular complexity index is 465. The molecule has 0 saturated carbocycles. The van der Waals surface area contributed by atoms with Gasteiger partial charge in [0, 0.05) is 31.7 Å². The number of hydrogen-bond acceptors (Lipinski definition) is 5. The highest BCUT2D eigenvalue weighted by molar-refractivity contribution is 5.06. The van der Waals surface area contributed by atoms with Crippen molar-refractivity contribution in [3.63, 3.8) is 0 Å². The molecule has 0 aliphatic carbocycles. The van der Waals surface area contributed by atoms with Crippen LogP contribution in [0.1, 0.15) is 58.1 Å². The van der Waals surface area contributed by atoms with E-state index in [9.17, 15) is 0 Å². The van der Waals surface area contributed by atoms with Crippen LogP contribution in [0.5, 0.6) is 0 Å². The quantitative estimate of drug-likeness (QED) is 0.805. The molecule has 3 rings (SSSR count). The molecule has 0 N–H and O–H groups in total. The molecule has 2 saturated heterocycles. The van der Waals surface area contributed by atoms with Crippen LogP contribution in [0.2, 0.25) is 0 Å². The molecule has 2 atom stereocenters. The molecule has 130 valence electrons. The van der Waals surface area contributed by atoms with Gasteiger partial charge in [-0.1, -0.05) is 20.8 Å². The molecule has 2 fully saturated rings. The van der Waals surface area contributed by atoms with Crippen LogP contribution in [-0.4, -0.2) is 48.4 Å². The van der Waals surface area contributed by atoms with Crippen molar-refractivity contribution in [2.75, 3.05) is 26.3 Å². The van der Waals surface area contributed by atoms with E-state index in [1.165, 1.54) is 12.8 Å². The molecule has 23 heavy (non-hydrogen) atoms. The van der Waals surface area contributed by atoms with Gasteiger partial charge in [0.25, 0.3) is 0 Å². The lowest BCUT2D eigenvalue weighted by molar-refractivity contribution is 0.0313. The highest BCUT2D eigenvalue weighted by Gasteiger charge is 2.26. The first-order valence-electron chi connectivity index (χ1n) is 8.91. The second-order valence-electron chi connectivity index (χ2n) is 7.83. The topological polar surface area (TPSA) is 47.7 Å². The van der Waals surface area contributed by atoms with Crippen LogP contribution in [-0.2, 0) is 21.4 Å². The van der Waals surface area contributed by atoms with E-state index in [0.717, 1.165) is 57.3 Å². The molecular weight excluding hydrogens is 292 g/mol. The maximum absolute atomic E-state index is 5.97. The maximum atomic E-state index is 5.97. The molecule has 1 aromatic rings. The van der Waals surface area contributed by atoms with E-state index >= 15 is 0 Å². The lowest BCUT2D eigenvalue weighted by Gasteiger charge is -2.26. The number of aromatic nitrogens is 1. The second kappa shape index (κ2) is 7.32. The Kier molecular flexibility index (Phi) is 5.39. The fraction of sp³-hybridized carbons (Fsp3) is 0.833. The molecular formula is C18H30N2O3. The van der Waals surface area contributed by atoms with Crippen LogP contribution in [0.3, 0.4) is 0 Å². The third-order valence-corrected chi connectivity index (χ3v) is 4.62. The number of oxazole rings is 1. The summed E-state index contributed by atoms with van der Waals surface area (Å²) in [4.78, 5) is 6.87. The highest BCUT2D eigenvalue weighted by atomic mass is 16.5. The first-order valence-corrected chi connectivity index (χ1v) is 8.91. The molecule has 0 spiro atoms. The molecule has 3 heterocycles. The van der Waals surface area contributed by atoms with Crippen molar-refractivity contribution in [3.05, 3.63) is 17.8 Å². The van der Waals surface area contributed by atoms with E-state index in [1.54, 1.807) is 0 Å². The molecule has 1 aromatic heterocycles. The van der Waals surface area contributed by atoms with E-state index in [2.05, 4.69) is 30.7 Å². The van der Waals surface area contributed by atoms with Crippen molar-refractivity contribution in [2.45, 2.75) is 70.6 Å². The minimum Gasteiger partial charge on any atom is -0.444 e. The molecule has 2 aliphatic rings. The van der Waals surface area contributed by atoms with Crippen LogP contribution < -0.4 is 0 Å². The Morgan fingerprint density at radius 3 is 2.13 bits per heavy atom. The average molecular weight is 322 g/mol. The normalized spacial score (nSPS) is 25.6. The van der Waals surface area contributed by atoms with E-state index in [-0.39, 0.29) is 5.41 Å². The van der Waals surface area contributed by atoms with Crippen LogP contribution in [0.4, 0.5) is 0 Å². The smallest absolute Gasteiger partial charge is 0.208 e. The van der Waals surface area contributed by atoms with Gasteiger partial charge in [-0.25, -0.2) is 4.98 Å². The lowest BCUT2D eigenvalue weighted by Crippen LogP contribution is -2.37. The molecule has 0 radical (unpaired) electrons. The standard InChI is InChI=1S/C18H30N2O3/c1-18(2,3)16-10-19-17(23-16)13-20(11-14-6-4-8-21-14)12-15-7-5-9-22-15/h10,14-15H,4-9,11-13H2,1-3H3/t14-,15-/m0/s1. The summed E-state index contributed by atoms with van der Waals surface area (Å²) in [5.74, 6) is 1.74. The monoisotopic (exact) mass is 322 g/mol. The van der Waals surface area contributed by atoms with Crippen molar-refractivity contribution in [2.24, 2.45) is 0 Å². The minimum absolute atomic E-state index is 0.000787. The van der Waals surface area contributed by atoms with Gasteiger partial charge in [0.2, 0.25) is 5.89 Å². The minimum atomic E-state index is -0.000787. The fourth-order valence-electron chi connectivity index (χ4n) is 3.28. The Balaban J connectivity index is 1.62. The summed E-state index contributed by atoms with van der Waals surface area (Å²) in [7, 11) is 0. The zero-order chi connectivity index (χ0) is 16.3. The van der Waals surface area contributed by atoms with E-state index in [0.29, 0.717) is 12.2 Å². The van der Waals surface area contributed by atoms with Gasteiger partial charge in [-0.2, -0.15) is 0 Å².